The van der Waals surface area contributed by atoms with Gasteiger partial charge in [-0.05, 0) is 73.6 Å². The molecule has 0 saturated carbocycles. The number of carboxylic acid groups (broad SMARTS) is 1. The monoisotopic (exact) mass is 563 g/mol. The first-order chi connectivity index (χ1) is 19.6. The second kappa shape index (κ2) is 12.1. The largest absolute Gasteiger partial charge is 0.480 e. The van der Waals surface area contributed by atoms with Crippen LogP contribution in [0.1, 0.15) is 50.7 Å². The second-order valence-electron chi connectivity index (χ2n) is 12.5. The van der Waals surface area contributed by atoms with Gasteiger partial charge in [0.1, 0.15) is 12.2 Å². The van der Waals surface area contributed by atoms with Crippen LogP contribution < -0.4 is 5.32 Å². The van der Waals surface area contributed by atoms with Gasteiger partial charge < -0.3 is 24.8 Å². The number of hydrogen-bond donors (Lipinski definition) is 2. The number of carboxylic acids is 1. The van der Waals surface area contributed by atoms with Crippen LogP contribution in [0.4, 0.5) is 9.59 Å². The van der Waals surface area contributed by atoms with E-state index >= 15 is 0 Å². The highest BCUT2D eigenvalue weighted by atomic mass is 16.6. The van der Waals surface area contributed by atoms with Gasteiger partial charge in [0.15, 0.2) is 0 Å². The zero-order valence-electron chi connectivity index (χ0n) is 24.2. The maximum atomic E-state index is 13.1. The fraction of sp³-hybridized carbons (Fsp3) is 0.531. The van der Waals surface area contributed by atoms with E-state index in [-0.39, 0.29) is 30.4 Å². The molecular formula is C32H41N3O6. The molecule has 220 valence electrons. The Morgan fingerprint density at radius 1 is 0.951 bits per heavy atom. The van der Waals surface area contributed by atoms with Crippen LogP contribution in [-0.2, 0) is 14.3 Å². The number of likely N-dealkylation sites (tertiary alicyclic amines) is 2. The number of hydrogen-bond acceptors (Lipinski definition) is 6. The van der Waals surface area contributed by atoms with Crippen LogP contribution in [-0.4, -0.2) is 84.5 Å². The van der Waals surface area contributed by atoms with Crippen molar-refractivity contribution in [3.8, 4) is 11.1 Å². The Hall–Kier alpha value is -3.59. The van der Waals surface area contributed by atoms with Crippen molar-refractivity contribution < 1.29 is 29.0 Å². The van der Waals surface area contributed by atoms with Crippen LogP contribution in [0, 0.1) is 17.8 Å². The van der Waals surface area contributed by atoms with Gasteiger partial charge in [-0.25, -0.2) is 9.59 Å². The number of nitrogens with zero attached hydrogens (tertiary/aromatic N) is 2. The molecule has 2 N–H and O–H groups in total. The third-order valence-electron chi connectivity index (χ3n) is 8.57. The Morgan fingerprint density at radius 3 is 2.15 bits per heavy atom. The topological polar surface area (TPSA) is 108 Å². The van der Waals surface area contributed by atoms with Gasteiger partial charge in [-0.3, -0.25) is 9.69 Å². The first kappa shape index (κ1) is 28.9. The summed E-state index contributed by atoms with van der Waals surface area (Å²) in [7, 11) is 0. The van der Waals surface area contributed by atoms with E-state index in [2.05, 4.69) is 29.6 Å². The Bertz CT molecular complexity index is 1220. The zero-order valence-corrected chi connectivity index (χ0v) is 24.2. The third kappa shape index (κ3) is 6.84. The van der Waals surface area contributed by atoms with E-state index < -0.39 is 17.7 Å². The lowest BCUT2D eigenvalue weighted by molar-refractivity contribution is -0.138. The summed E-state index contributed by atoms with van der Waals surface area (Å²) in [4.78, 5) is 40.5. The summed E-state index contributed by atoms with van der Waals surface area (Å²) in [6.07, 6.45) is 0.891. The predicted octanol–water partition coefficient (Wildman–Crippen LogP) is 4.80. The van der Waals surface area contributed by atoms with E-state index in [1.54, 1.807) is 4.90 Å². The highest BCUT2D eigenvalue weighted by Gasteiger charge is 2.40. The molecule has 2 saturated heterocycles. The minimum Gasteiger partial charge on any atom is -0.480 e. The molecule has 9 heteroatoms. The number of carbonyl (C=O) groups excluding carboxylic acids is 2. The number of rotatable bonds is 7. The third-order valence-corrected chi connectivity index (χ3v) is 8.57. The number of amides is 2. The van der Waals surface area contributed by atoms with Crippen molar-refractivity contribution in [3.05, 3.63) is 59.7 Å². The number of benzene rings is 2. The summed E-state index contributed by atoms with van der Waals surface area (Å²) >= 11 is 0. The molecule has 9 nitrogen and oxygen atoms in total. The first-order valence-corrected chi connectivity index (χ1v) is 14.6. The first-order valence-electron chi connectivity index (χ1n) is 14.6. The van der Waals surface area contributed by atoms with Crippen molar-refractivity contribution in [3.63, 3.8) is 0 Å². The maximum absolute atomic E-state index is 13.1. The Kier molecular flexibility index (Phi) is 8.54. The SMILES string of the molecule is CC(C)(C)OC(=O)NC[C@H]1CN(CC(=O)O)C[C@@H]1C1CCN(C(=O)OCC2c3ccccc3-c3ccccc32)CC1. The molecule has 2 atom stereocenters. The summed E-state index contributed by atoms with van der Waals surface area (Å²) in [6, 6.07) is 16.6. The van der Waals surface area contributed by atoms with Crippen molar-refractivity contribution in [2.45, 2.75) is 45.1 Å². The molecule has 0 radical (unpaired) electrons. The van der Waals surface area contributed by atoms with Gasteiger partial charge in [-0.2, -0.15) is 0 Å². The predicted molar refractivity (Wildman–Crippen MR) is 155 cm³/mol. The molecule has 0 bridgehead atoms. The number of nitrogens with one attached hydrogen (secondary N) is 1. The van der Waals surface area contributed by atoms with E-state index in [1.165, 1.54) is 22.3 Å². The summed E-state index contributed by atoms with van der Waals surface area (Å²) < 4.78 is 11.3. The van der Waals surface area contributed by atoms with Gasteiger partial charge >= 0.3 is 18.2 Å². The summed E-state index contributed by atoms with van der Waals surface area (Å²) in [5.41, 5.74) is 4.21. The quantitative estimate of drug-likeness (QED) is 0.498. The van der Waals surface area contributed by atoms with Crippen molar-refractivity contribution in [1.82, 2.24) is 15.1 Å². The fourth-order valence-corrected chi connectivity index (χ4v) is 6.78. The standard InChI is InChI=1S/C32H41N3O6/c1-32(2,3)41-30(38)33-16-22-17-34(19-29(36)37)18-27(22)21-12-14-35(15-13-21)31(39)40-20-28-25-10-6-4-8-23(25)24-9-5-7-11-26(24)28/h4-11,21-22,27-28H,12-20H2,1-3H3,(H,33,38)(H,36,37)/t22-,27+/m0/s1. The molecule has 2 aromatic carbocycles. The Morgan fingerprint density at radius 2 is 1.56 bits per heavy atom. The average Bonchev–Trinajstić information content (AvgIpc) is 3.48. The van der Waals surface area contributed by atoms with Crippen LogP contribution >= 0.6 is 0 Å². The molecule has 3 aliphatic rings. The normalized spacial score (nSPS) is 21.3. The molecule has 2 fully saturated rings. The number of ether oxygens (including phenoxy) is 2. The number of alkyl carbamates (subject to hydrolysis) is 1. The molecule has 2 aliphatic heterocycles. The van der Waals surface area contributed by atoms with Crippen LogP contribution in [0.25, 0.3) is 11.1 Å². The highest BCUT2D eigenvalue weighted by molar-refractivity contribution is 5.79. The molecule has 2 aromatic rings. The molecule has 2 amide bonds. The van der Waals surface area contributed by atoms with E-state index in [1.807, 2.05) is 49.9 Å². The second-order valence-corrected chi connectivity index (χ2v) is 12.5. The molecule has 2 heterocycles. The number of fused-ring (bicyclic) bond motifs is 3. The minimum absolute atomic E-state index is 0.0158. The number of carbonyl (C=O) groups is 3. The molecule has 41 heavy (non-hydrogen) atoms. The van der Waals surface area contributed by atoms with Crippen LogP contribution in [0.3, 0.4) is 0 Å². The van der Waals surface area contributed by atoms with Gasteiger partial charge in [0.05, 0.1) is 6.54 Å². The number of aliphatic carboxylic acids is 1. The van der Waals surface area contributed by atoms with Crippen LogP contribution in [0.15, 0.2) is 48.5 Å². The molecule has 0 aromatic heterocycles. The van der Waals surface area contributed by atoms with Crippen molar-refractivity contribution in [2.75, 3.05) is 45.9 Å². The average molecular weight is 564 g/mol. The summed E-state index contributed by atoms with van der Waals surface area (Å²) in [5, 5.41) is 12.2. The van der Waals surface area contributed by atoms with E-state index in [0.29, 0.717) is 45.2 Å². The van der Waals surface area contributed by atoms with Crippen molar-refractivity contribution >= 4 is 18.2 Å². The van der Waals surface area contributed by atoms with Crippen molar-refractivity contribution in [2.24, 2.45) is 17.8 Å². The Labute approximate surface area is 241 Å². The fourth-order valence-electron chi connectivity index (χ4n) is 6.78. The van der Waals surface area contributed by atoms with E-state index in [0.717, 1.165) is 12.8 Å². The van der Waals surface area contributed by atoms with E-state index in [4.69, 9.17) is 9.47 Å². The van der Waals surface area contributed by atoms with Gasteiger partial charge in [-0.15, -0.1) is 0 Å². The van der Waals surface area contributed by atoms with Crippen LogP contribution in [0.2, 0.25) is 0 Å². The Balaban J connectivity index is 1.15. The smallest absolute Gasteiger partial charge is 0.409 e. The molecular weight excluding hydrogens is 522 g/mol. The molecule has 0 spiro atoms. The van der Waals surface area contributed by atoms with Gasteiger partial charge in [0.2, 0.25) is 0 Å². The zero-order chi connectivity index (χ0) is 29.1. The van der Waals surface area contributed by atoms with Crippen molar-refractivity contribution in [1.29, 1.82) is 0 Å². The van der Waals surface area contributed by atoms with Gasteiger partial charge in [0, 0.05) is 38.6 Å². The lowest BCUT2D eigenvalue weighted by Gasteiger charge is -2.36. The minimum atomic E-state index is -0.852. The molecule has 5 rings (SSSR count). The molecule has 0 unspecified atom stereocenters. The lowest BCUT2D eigenvalue weighted by Crippen LogP contribution is -2.43. The maximum Gasteiger partial charge on any atom is 0.409 e. The van der Waals surface area contributed by atoms with Gasteiger partial charge in [-0.1, -0.05) is 48.5 Å². The van der Waals surface area contributed by atoms with Crippen LogP contribution in [0.5, 0.6) is 0 Å². The lowest BCUT2D eigenvalue weighted by atomic mass is 9.78. The van der Waals surface area contributed by atoms with E-state index in [9.17, 15) is 19.5 Å². The molecule has 1 aliphatic carbocycles. The summed E-state index contributed by atoms with van der Waals surface area (Å²) in [5.74, 6) is -0.144. The summed E-state index contributed by atoms with van der Waals surface area (Å²) in [6.45, 7) is 8.67. The number of piperidine rings is 1. The highest BCUT2D eigenvalue weighted by Crippen LogP contribution is 2.44. The van der Waals surface area contributed by atoms with Gasteiger partial charge in [0.25, 0.3) is 0 Å².